The van der Waals surface area contributed by atoms with E-state index in [0.29, 0.717) is 31.5 Å². The lowest BCUT2D eigenvalue weighted by molar-refractivity contribution is -0.145. The van der Waals surface area contributed by atoms with Crippen LogP contribution in [0.5, 0.6) is 0 Å². The van der Waals surface area contributed by atoms with Gasteiger partial charge in [-0.2, -0.15) is 5.10 Å². The molecule has 3 rings (SSSR count). The maximum atomic E-state index is 13.8. The molecular formula is C19H23FN4O2. The molecule has 1 aliphatic heterocycles. The van der Waals surface area contributed by atoms with Gasteiger partial charge in [0.2, 0.25) is 11.8 Å². The topological polar surface area (TPSA) is 58.4 Å². The first-order valence-corrected chi connectivity index (χ1v) is 8.67. The highest BCUT2D eigenvalue weighted by Gasteiger charge is 2.45. The van der Waals surface area contributed by atoms with Crippen LogP contribution in [0.25, 0.3) is 0 Å². The van der Waals surface area contributed by atoms with Gasteiger partial charge in [0.1, 0.15) is 11.4 Å². The fourth-order valence-electron chi connectivity index (χ4n) is 3.52. The third-order valence-electron chi connectivity index (χ3n) is 4.99. The molecule has 0 radical (unpaired) electrons. The van der Waals surface area contributed by atoms with Crippen LogP contribution in [-0.4, -0.2) is 58.6 Å². The zero-order valence-electron chi connectivity index (χ0n) is 15.1. The Morgan fingerprint density at radius 2 is 1.88 bits per heavy atom. The molecule has 0 saturated carbocycles. The summed E-state index contributed by atoms with van der Waals surface area (Å²) in [6, 6.07) is 8.11. The summed E-state index contributed by atoms with van der Waals surface area (Å²) < 4.78 is 15.5. The van der Waals surface area contributed by atoms with Gasteiger partial charge in [-0.15, -0.1) is 0 Å². The van der Waals surface area contributed by atoms with E-state index < -0.39 is 5.54 Å². The average molecular weight is 358 g/mol. The maximum Gasteiger partial charge on any atom is 0.250 e. The lowest BCUT2D eigenvalue weighted by Gasteiger charge is -2.42. The molecule has 1 aromatic heterocycles. The summed E-state index contributed by atoms with van der Waals surface area (Å²) in [4.78, 5) is 28.7. The predicted molar refractivity (Wildman–Crippen MR) is 94.8 cm³/mol. The number of rotatable bonds is 4. The molecule has 0 aliphatic carbocycles. The smallest absolute Gasteiger partial charge is 0.250 e. The van der Waals surface area contributed by atoms with Crippen LogP contribution < -0.4 is 0 Å². The van der Waals surface area contributed by atoms with Crippen molar-refractivity contribution in [1.82, 2.24) is 19.6 Å². The molecule has 7 heteroatoms. The summed E-state index contributed by atoms with van der Waals surface area (Å²) in [6.45, 7) is 0.874. The van der Waals surface area contributed by atoms with Gasteiger partial charge in [-0.3, -0.25) is 14.3 Å². The maximum absolute atomic E-state index is 13.8. The van der Waals surface area contributed by atoms with E-state index in [1.54, 1.807) is 65.2 Å². The summed E-state index contributed by atoms with van der Waals surface area (Å²) in [6.07, 6.45) is 4.44. The number of hydrogen-bond acceptors (Lipinski definition) is 3. The Bertz CT molecular complexity index is 781. The van der Waals surface area contributed by atoms with Crippen LogP contribution in [0.1, 0.15) is 18.4 Å². The number of nitrogens with zero attached hydrogens (tertiary/aromatic N) is 4. The number of hydrogen-bond donors (Lipinski definition) is 0. The van der Waals surface area contributed by atoms with Gasteiger partial charge in [-0.25, -0.2) is 4.39 Å². The number of amides is 2. The Morgan fingerprint density at radius 1 is 1.19 bits per heavy atom. The van der Waals surface area contributed by atoms with Crippen LogP contribution in [0, 0.1) is 5.82 Å². The van der Waals surface area contributed by atoms with E-state index in [9.17, 15) is 14.0 Å². The quantitative estimate of drug-likeness (QED) is 0.835. The fraction of sp³-hybridized carbons (Fsp3) is 0.421. The molecule has 1 aliphatic rings. The Balaban J connectivity index is 1.73. The molecule has 2 aromatic rings. The molecule has 138 valence electrons. The summed E-state index contributed by atoms with van der Waals surface area (Å²) in [5, 5.41) is 4.28. The van der Waals surface area contributed by atoms with Crippen molar-refractivity contribution in [3.05, 3.63) is 54.1 Å². The Kier molecular flexibility index (Phi) is 5.06. The van der Waals surface area contributed by atoms with E-state index in [4.69, 9.17) is 0 Å². The largest absolute Gasteiger partial charge is 0.347 e. The second-order valence-electron chi connectivity index (χ2n) is 6.83. The van der Waals surface area contributed by atoms with Crippen LogP contribution in [-0.2, 0) is 21.5 Å². The monoisotopic (exact) mass is 358 g/mol. The molecule has 1 fully saturated rings. The standard InChI is InChI=1S/C19H23FN4O2/c1-22(2)18(26)19(24-11-5-10-21-24)8-12-23(13-9-19)17(25)14-15-6-3-4-7-16(15)20/h3-7,10-11H,8-9,12-14H2,1-2H3. The SMILES string of the molecule is CN(C)C(=O)C1(n2cccn2)CCN(C(=O)Cc2ccccc2F)CC1. The van der Waals surface area contributed by atoms with Crippen molar-refractivity contribution in [2.75, 3.05) is 27.2 Å². The third kappa shape index (κ3) is 3.34. The van der Waals surface area contributed by atoms with Crippen molar-refractivity contribution >= 4 is 11.8 Å². The van der Waals surface area contributed by atoms with Gasteiger partial charge in [0.15, 0.2) is 0 Å². The summed E-state index contributed by atoms with van der Waals surface area (Å²) in [5.41, 5.74) is -0.382. The van der Waals surface area contributed by atoms with Crippen LogP contribution in [0.3, 0.4) is 0 Å². The van der Waals surface area contributed by atoms with Gasteiger partial charge in [0.05, 0.1) is 6.42 Å². The molecule has 2 amide bonds. The molecule has 1 aromatic carbocycles. The van der Waals surface area contributed by atoms with Gasteiger partial charge >= 0.3 is 0 Å². The Labute approximate surface area is 152 Å². The number of benzene rings is 1. The van der Waals surface area contributed by atoms with Crippen molar-refractivity contribution < 1.29 is 14.0 Å². The van der Waals surface area contributed by atoms with Gasteiger partial charge in [0.25, 0.3) is 0 Å². The number of aromatic nitrogens is 2. The second kappa shape index (κ2) is 7.27. The highest BCUT2D eigenvalue weighted by Crippen LogP contribution is 2.31. The molecule has 0 spiro atoms. The minimum Gasteiger partial charge on any atom is -0.347 e. The van der Waals surface area contributed by atoms with Crippen LogP contribution in [0.4, 0.5) is 4.39 Å². The van der Waals surface area contributed by atoms with Gasteiger partial charge in [-0.05, 0) is 30.5 Å². The van der Waals surface area contributed by atoms with Gasteiger partial charge in [-0.1, -0.05) is 18.2 Å². The van der Waals surface area contributed by atoms with Crippen molar-refractivity contribution in [3.63, 3.8) is 0 Å². The minimum atomic E-state index is -0.776. The Hall–Kier alpha value is -2.70. The molecule has 6 nitrogen and oxygen atoms in total. The molecule has 0 bridgehead atoms. The first kappa shape index (κ1) is 18.1. The highest BCUT2D eigenvalue weighted by atomic mass is 19.1. The molecular weight excluding hydrogens is 335 g/mol. The van der Waals surface area contributed by atoms with Crippen molar-refractivity contribution in [2.45, 2.75) is 24.8 Å². The first-order valence-electron chi connectivity index (χ1n) is 8.67. The third-order valence-corrected chi connectivity index (χ3v) is 4.99. The zero-order valence-corrected chi connectivity index (χ0v) is 15.1. The van der Waals surface area contributed by atoms with E-state index in [1.807, 2.05) is 0 Å². The number of likely N-dealkylation sites (tertiary alicyclic amines) is 1. The molecule has 0 atom stereocenters. The zero-order chi connectivity index (χ0) is 18.7. The Morgan fingerprint density at radius 3 is 2.46 bits per heavy atom. The highest BCUT2D eigenvalue weighted by molar-refractivity contribution is 5.85. The first-order chi connectivity index (χ1) is 12.4. The number of halogens is 1. The van der Waals surface area contributed by atoms with E-state index in [0.717, 1.165) is 0 Å². The number of likely N-dealkylation sites (N-methyl/N-ethyl adjacent to an activating group) is 1. The summed E-state index contributed by atoms with van der Waals surface area (Å²) in [7, 11) is 3.45. The number of carbonyl (C=O) groups excluding carboxylic acids is 2. The average Bonchev–Trinajstić information content (AvgIpc) is 3.18. The van der Waals surface area contributed by atoms with E-state index in [-0.39, 0.29) is 24.1 Å². The lowest BCUT2D eigenvalue weighted by Crippen LogP contribution is -2.56. The molecule has 2 heterocycles. The minimum absolute atomic E-state index is 0.0256. The molecule has 26 heavy (non-hydrogen) atoms. The van der Waals surface area contributed by atoms with Crippen molar-refractivity contribution in [3.8, 4) is 0 Å². The van der Waals surface area contributed by atoms with Crippen molar-refractivity contribution in [2.24, 2.45) is 0 Å². The predicted octanol–water partition coefficient (Wildman–Crippen LogP) is 1.67. The molecule has 0 N–H and O–H groups in total. The normalized spacial score (nSPS) is 16.3. The second-order valence-corrected chi connectivity index (χ2v) is 6.83. The van der Waals surface area contributed by atoms with E-state index in [1.165, 1.54) is 6.07 Å². The summed E-state index contributed by atoms with van der Waals surface area (Å²) >= 11 is 0. The number of piperidine rings is 1. The molecule has 0 unspecified atom stereocenters. The lowest BCUT2D eigenvalue weighted by atomic mass is 9.86. The van der Waals surface area contributed by atoms with Crippen LogP contribution in [0.15, 0.2) is 42.7 Å². The fourth-order valence-corrected chi connectivity index (χ4v) is 3.52. The van der Waals surface area contributed by atoms with Gasteiger partial charge < -0.3 is 9.80 Å². The van der Waals surface area contributed by atoms with E-state index >= 15 is 0 Å². The van der Waals surface area contributed by atoms with Crippen LogP contribution >= 0.6 is 0 Å². The van der Waals surface area contributed by atoms with Crippen LogP contribution in [0.2, 0.25) is 0 Å². The van der Waals surface area contributed by atoms with Crippen molar-refractivity contribution in [1.29, 1.82) is 0 Å². The number of carbonyl (C=O) groups is 2. The summed E-state index contributed by atoms with van der Waals surface area (Å²) in [5.74, 6) is -0.518. The molecule has 1 saturated heterocycles. The van der Waals surface area contributed by atoms with Gasteiger partial charge in [0, 0.05) is 39.6 Å². The van der Waals surface area contributed by atoms with E-state index in [2.05, 4.69) is 5.10 Å².